The number of methoxy groups -OCH3 is 3. The minimum Gasteiger partial charge on any atom is -0.497 e. The number of ether oxygens (including phenoxy) is 4. The first-order chi connectivity index (χ1) is 13.1. The minimum atomic E-state index is -0.494. The SMILES string of the molecule is COc1cc(OC)cc(C(=O)NNC(=O)CCOc2ccccc2OC)c1. The summed E-state index contributed by atoms with van der Waals surface area (Å²) in [5, 5.41) is 0. The molecule has 8 heteroatoms. The molecule has 0 saturated carbocycles. The number of hydrogen-bond acceptors (Lipinski definition) is 6. The summed E-state index contributed by atoms with van der Waals surface area (Å²) in [5.74, 6) is 1.17. The summed E-state index contributed by atoms with van der Waals surface area (Å²) in [6.07, 6.45) is 0.0553. The van der Waals surface area contributed by atoms with Crippen LogP contribution in [0, 0.1) is 0 Å². The number of carbonyl (C=O) groups excluding carboxylic acids is 2. The number of para-hydroxylation sites is 2. The number of hydrogen-bond donors (Lipinski definition) is 2. The quantitative estimate of drug-likeness (QED) is 0.686. The van der Waals surface area contributed by atoms with Crippen molar-refractivity contribution >= 4 is 11.8 Å². The van der Waals surface area contributed by atoms with Crippen molar-refractivity contribution in [2.75, 3.05) is 27.9 Å². The van der Waals surface area contributed by atoms with Gasteiger partial charge in [-0.3, -0.25) is 20.4 Å². The average Bonchev–Trinajstić information content (AvgIpc) is 2.71. The minimum absolute atomic E-state index is 0.0553. The first-order valence-corrected chi connectivity index (χ1v) is 8.15. The summed E-state index contributed by atoms with van der Waals surface area (Å²) in [4.78, 5) is 24.1. The van der Waals surface area contributed by atoms with E-state index in [1.807, 2.05) is 6.07 Å². The van der Waals surface area contributed by atoms with Crippen molar-refractivity contribution in [2.24, 2.45) is 0 Å². The van der Waals surface area contributed by atoms with Gasteiger partial charge in [-0.15, -0.1) is 0 Å². The fraction of sp³-hybridized carbons (Fsp3) is 0.263. The smallest absolute Gasteiger partial charge is 0.269 e. The van der Waals surface area contributed by atoms with E-state index in [1.54, 1.807) is 24.3 Å². The Morgan fingerprint density at radius 2 is 1.48 bits per heavy atom. The molecule has 144 valence electrons. The largest absolute Gasteiger partial charge is 0.497 e. The highest BCUT2D eigenvalue weighted by molar-refractivity contribution is 5.96. The molecule has 0 bridgehead atoms. The highest BCUT2D eigenvalue weighted by Crippen LogP contribution is 2.25. The van der Waals surface area contributed by atoms with E-state index in [4.69, 9.17) is 18.9 Å². The molecular weight excluding hydrogens is 352 g/mol. The molecule has 2 aromatic carbocycles. The highest BCUT2D eigenvalue weighted by Gasteiger charge is 2.11. The van der Waals surface area contributed by atoms with Gasteiger partial charge in [0.05, 0.1) is 34.4 Å². The van der Waals surface area contributed by atoms with Crippen LogP contribution < -0.4 is 29.8 Å². The van der Waals surface area contributed by atoms with Crippen LogP contribution in [-0.2, 0) is 4.79 Å². The van der Waals surface area contributed by atoms with E-state index >= 15 is 0 Å². The second-order valence-electron chi connectivity index (χ2n) is 5.35. The van der Waals surface area contributed by atoms with Crippen LogP contribution in [-0.4, -0.2) is 39.8 Å². The Kier molecular flexibility index (Phi) is 7.30. The fourth-order valence-electron chi connectivity index (χ4n) is 2.19. The Balaban J connectivity index is 1.82. The predicted octanol–water partition coefficient (Wildman–Crippen LogP) is 1.94. The molecule has 0 spiro atoms. The molecule has 0 atom stereocenters. The van der Waals surface area contributed by atoms with Gasteiger partial charge in [0.1, 0.15) is 11.5 Å². The van der Waals surface area contributed by atoms with Gasteiger partial charge >= 0.3 is 0 Å². The molecule has 2 amide bonds. The molecule has 2 aromatic rings. The van der Waals surface area contributed by atoms with Crippen LogP contribution in [0.15, 0.2) is 42.5 Å². The molecule has 0 aromatic heterocycles. The van der Waals surface area contributed by atoms with Crippen LogP contribution in [0.2, 0.25) is 0 Å². The lowest BCUT2D eigenvalue weighted by Gasteiger charge is -2.11. The monoisotopic (exact) mass is 374 g/mol. The van der Waals surface area contributed by atoms with E-state index < -0.39 is 11.8 Å². The van der Waals surface area contributed by atoms with E-state index in [0.717, 1.165) is 0 Å². The lowest BCUT2D eigenvalue weighted by atomic mass is 10.2. The second-order valence-corrected chi connectivity index (χ2v) is 5.35. The van der Waals surface area contributed by atoms with E-state index in [-0.39, 0.29) is 18.6 Å². The topological polar surface area (TPSA) is 95.1 Å². The molecule has 0 radical (unpaired) electrons. The summed E-state index contributed by atoms with van der Waals surface area (Å²) in [7, 11) is 4.51. The fourth-order valence-corrected chi connectivity index (χ4v) is 2.19. The predicted molar refractivity (Wildman–Crippen MR) is 98.3 cm³/mol. The molecule has 0 aliphatic heterocycles. The Labute approximate surface area is 157 Å². The third-order valence-corrected chi connectivity index (χ3v) is 3.58. The molecular formula is C19H22N2O6. The van der Waals surface area contributed by atoms with Gasteiger partial charge in [-0.05, 0) is 24.3 Å². The second kappa shape index (κ2) is 9.91. The number of amides is 2. The summed E-state index contributed by atoms with van der Waals surface area (Å²) in [6.45, 7) is 0.134. The van der Waals surface area contributed by atoms with Gasteiger partial charge < -0.3 is 18.9 Å². The van der Waals surface area contributed by atoms with E-state index in [1.165, 1.54) is 33.5 Å². The third-order valence-electron chi connectivity index (χ3n) is 3.58. The van der Waals surface area contributed by atoms with Crippen LogP contribution in [0.5, 0.6) is 23.0 Å². The zero-order valence-corrected chi connectivity index (χ0v) is 15.4. The van der Waals surface area contributed by atoms with Crippen LogP contribution in [0.1, 0.15) is 16.8 Å². The maximum atomic E-state index is 12.2. The molecule has 0 aliphatic rings. The Hall–Kier alpha value is -3.42. The first-order valence-electron chi connectivity index (χ1n) is 8.15. The van der Waals surface area contributed by atoms with Crippen LogP contribution in [0.4, 0.5) is 0 Å². The lowest BCUT2D eigenvalue weighted by molar-refractivity contribution is -0.122. The van der Waals surface area contributed by atoms with Crippen molar-refractivity contribution in [1.29, 1.82) is 0 Å². The number of hydrazine groups is 1. The summed E-state index contributed by atoms with van der Waals surface area (Å²) >= 11 is 0. The lowest BCUT2D eigenvalue weighted by Crippen LogP contribution is -2.42. The third kappa shape index (κ3) is 5.81. The van der Waals surface area contributed by atoms with Gasteiger partial charge in [-0.2, -0.15) is 0 Å². The van der Waals surface area contributed by atoms with Crippen molar-refractivity contribution in [2.45, 2.75) is 6.42 Å². The number of carbonyl (C=O) groups is 2. The molecule has 2 rings (SSSR count). The zero-order chi connectivity index (χ0) is 19.6. The first kappa shape index (κ1) is 19.9. The molecule has 0 heterocycles. The van der Waals surface area contributed by atoms with Crippen LogP contribution in [0.3, 0.4) is 0 Å². The standard InChI is InChI=1S/C19H22N2O6/c1-24-14-10-13(11-15(12-14)25-2)19(23)21-20-18(22)8-9-27-17-7-5-4-6-16(17)26-3/h4-7,10-12H,8-9H2,1-3H3,(H,20,22)(H,21,23). The summed E-state index contributed by atoms with van der Waals surface area (Å²) in [5.41, 5.74) is 4.97. The van der Waals surface area contributed by atoms with E-state index in [2.05, 4.69) is 10.9 Å². The summed E-state index contributed by atoms with van der Waals surface area (Å²) in [6, 6.07) is 11.9. The van der Waals surface area contributed by atoms with E-state index in [9.17, 15) is 9.59 Å². The molecule has 0 fully saturated rings. The normalized spacial score (nSPS) is 9.89. The van der Waals surface area contributed by atoms with Gasteiger partial charge in [-0.25, -0.2) is 0 Å². The maximum absolute atomic E-state index is 12.2. The number of rotatable bonds is 8. The molecule has 27 heavy (non-hydrogen) atoms. The molecule has 8 nitrogen and oxygen atoms in total. The number of benzene rings is 2. The molecule has 2 N–H and O–H groups in total. The average molecular weight is 374 g/mol. The van der Waals surface area contributed by atoms with Crippen molar-refractivity contribution in [3.63, 3.8) is 0 Å². The Morgan fingerprint density at radius 3 is 2.07 bits per heavy atom. The van der Waals surface area contributed by atoms with Crippen molar-refractivity contribution in [3.05, 3.63) is 48.0 Å². The van der Waals surface area contributed by atoms with Crippen molar-refractivity contribution in [3.8, 4) is 23.0 Å². The molecule has 0 aliphatic carbocycles. The van der Waals surface area contributed by atoms with E-state index in [0.29, 0.717) is 23.0 Å². The Bertz CT molecular complexity index is 771. The van der Waals surface area contributed by atoms with Crippen molar-refractivity contribution < 1.29 is 28.5 Å². The zero-order valence-electron chi connectivity index (χ0n) is 15.4. The Morgan fingerprint density at radius 1 is 0.852 bits per heavy atom. The van der Waals surface area contributed by atoms with Gasteiger partial charge in [-0.1, -0.05) is 12.1 Å². The molecule has 0 unspecified atom stereocenters. The maximum Gasteiger partial charge on any atom is 0.269 e. The van der Waals surface area contributed by atoms with Gasteiger partial charge in [0.2, 0.25) is 5.91 Å². The highest BCUT2D eigenvalue weighted by atomic mass is 16.5. The molecule has 0 saturated heterocycles. The van der Waals surface area contributed by atoms with Gasteiger partial charge in [0, 0.05) is 11.6 Å². The summed E-state index contributed by atoms with van der Waals surface area (Å²) < 4.78 is 20.9. The number of nitrogens with one attached hydrogen (secondary N) is 2. The van der Waals surface area contributed by atoms with Crippen LogP contribution >= 0.6 is 0 Å². The van der Waals surface area contributed by atoms with Gasteiger partial charge in [0.25, 0.3) is 5.91 Å². The van der Waals surface area contributed by atoms with Crippen LogP contribution in [0.25, 0.3) is 0 Å². The van der Waals surface area contributed by atoms with Crippen molar-refractivity contribution in [1.82, 2.24) is 10.9 Å². The van der Waals surface area contributed by atoms with Gasteiger partial charge in [0.15, 0.2) is 11.5 Å².